The van der Waals surface area contributed by atoms with Crippen LogP contribution in [0.25, 0.3) is 0 Å². The van der Waals surface area contributed by atoms with Gasteiger partial charge in [0.1, 0.15) is 24.2 Å². The van der Waals surface area contributed by atoms with E-state index >= 15 is 0 Å². The first-order valence-corrected chi connectivity index (χ1v) is 8.61. The van der Waals surface area contributed by atoms with E-state index in [1.165, 1.54) is 6.33 Å². The third-order valence-electron chi connectivity index (χ3n) is 4.47. The van der Waals surface area contributed by atoms with Gasteiger partial charge in [-0.2, -0.15) is 5.10 Å². The van der Waals surface area contributed by atoms with Crippen molar-refractivity contribution in [1.29, 1.82) is 0 Å². The van der Waals surface area contributed by atoms with Crippen molar-refractivity contribution in [3.05, 3.63) is 67.0 Å². The average Bonchev–Trinajstić information content (AvgIpc) is 3.35. The molecule has 1 amide bonds. The molecule has 1 fully saturated rings. The van der Waals surface area contributed by atoms with E-state index in [9.17, 15) is 4.79 Å². The fraction of sp³-hybridized carbons (Fsp3) is 0.263. The highest BCUT2D eigenvalue weighted by Gasteiger charge is 2.30. The maximum atomic E-state index is 13.0. The largest absolute Gasteiger partial charge is 0.457 e. The van der Waals surface area contributed by atoms with Crippen molar-refractivity contribution in [3.8, 4) is 11.5 Å². The summed E-state index contributed by atoms with van der Waals surface area (Å²) in [5.41, 5.74) is 0.627. The van der Waals surface area contributed by atoms with Gasteiger partial charge in [0.25, 0.3) is 5.91 Å². The number of aromatic nitrogens is 4. The predicted molar refractivity (Wildman–Crippen MR) is 94.8 cm³/mol. The maximum Gasteiger partial charge on any atom is 0.254 e. The molecule has 2 aromatic heterocycles. The van der Waals surface area contributed by atoms with Crippen LogP contribution in [0.5, 0.6) is 11.5 Å². The topological polar surface area (TPSA) is 73.1 Å². The Kier molecular flexibility index (Phi) is 4.59. The van der Waals surface area contributed by atoms with E-state index < -0.39 is 0 Å². The second-order valence-electron chi connectivity index (χ2n) is 6.22. The summed E-state index contributed by atoms with van der Waals surface area (Å²) in [6.45, 7) is 1.42. The van der Waals surface area contributed by atoms with Crippen molar-refractivity contribution in [2.45, 2.75) is 25.4 Å². The molecule has 0 bridgehead atoms. The quantitative estimate of drug-likeness (QED) is 0.708. The minimum Gasteiger partial charge on any atom is -0.457 e. The van der Waals surface area contributed by atoms with E-state index in [2.05, 4.69) is 15.1 Å². The van der Waals surface area contributed by atoms with Crippen molar-refractivity contribution in [3.63, 3.8) is 0 Å². The Morgan fingerprint density at radius 1 is 1.15 bits per heavy atom. The monoisotopic (exact) mass is 349 g/mol. The zero-order valence-electron chi connectivity index (χ0n) is 14.2. The van der Waals surface area contributed by atoms with Crippen LogP contribution in [0.3, 0.4) is 0 Å². The van der Waals surface area contributed by atoms with Gasteiger partial charge in [0.15, 0.2) is 0 Å². The molecule has 1 aliphatic rings. The number of hydrogen-bond donors (Lipinski definition) is 0. The van der Waals surface area contributed by atoms with Crippen LogP contribution in [0.1, 0.15) is 23.2 Å². The van der Waals surface area contributed by atoms with Gasteiger partial charge < -0.3 is 9.64 Å². The SMILES string of the molecule is O=C(c1cccc(Oc2ccncc2)c1)N1CCCC1Cn1cncn1. The Morgan fingerprint density at radius 2 is 2.04 bits per heavy atom. The lowest BCUT2D eigenvalue weighted by atomic mass is 10.1. The summed E-state index contributed by atoms with van der Waals surface area (Å²) in [7, 11) is 0. The Balaban J connectivity index is 1.49. The first-order valence-electron chi connectivity index (χ1n) is 8.61. The fourth-order valence-electron chi connectivity index (χ4n) is 3.24. The van der Waals surface area contributed by atoms with E-state index in [1.54, 1.807) is 41.6 Å². The van der Waals surface area contributed by atoms with Gasteiger partial charge in [-0.3, -0.25) is 14.5 Å². The van der Waals surface area contributed by atoms with Crippen LogP contribution in [0.2, 0.25) is 0 Å². The molecule has 3 heterocycles. The van der Waals surface area contributed by atoms with E-state index in [0.29, 0.717) is 23.6 Å². The molecule has 1 aliphatic heterocycles. The number of hydrogen-bond acceptors (Lipinski definition) is 5. The molecule has 3 aromatic rings. The summed E-state index contributed by atoms with van der Waals surface area (Å²) in [5, 5.41) is 4.15. The summed E-state index contributed by atoms with van der Waals surface area (Å²) in [6.07, 6.45) is 8.51. The minimum absolute atomic E-state index is 0.0211. The van der Waals surface area contributed by atoms with E-state index in [-0.39, 0.29) is 11.9 Å². The number of carbonyl (C=O) groups excluding carboxylic acids is 1. The predicted octanol–water partition coefficient (Wildman–Crippen LogP) is 2.77. The van der Waals surface area contributed by atoms with Gasteiger partial charge in [-0.15, -0.1) is 0 Å². The van der Waals surface area contributed by atoms with Crippen molar-refractivity contribution < 1.29 is 9.53 Å². The number of ether oxygens (including phenoxy) is 1. The van der Waals surface area contributed by atoms with Crippen molar-refractivity contribution >= 4 is 5.91 Å². The maximum absolute atomic E-state index is 13.0. The molecule has 0 aliphatic carbocycles. The molecule has 1 aromatic carbocycles. The van der Waals surface area contributed by atoms with Crippen molar-refractivity contribution in [2.75, 3.05) is 6.54 Å². The van der Waals surface area contributed by atoms with Crippen LogP contribution in [0, 0.1) is 0 Å². The molecule has 0 radical (unpaired) electrons. The van der Waals surface area contributed by atoms with Gasteiger partial charge in [-0.05, 0) is 43.2 Å². The second-order valence-corrected chi connectivity index (χ2v) is 6.22. The minimum atomic E-state index is 0.0211. The van der Waals surface area contributed by atoms with E-state index in [1.807, 2.05) is 23.1 Å². The van der Waals surface area contributed by atoms with Gasteiger partial charge in [0.05, 0.1) is 12.6 Å². The first kappa shape index (κ1) is 16.3. The number of carbonyl (C=O) groups is 1. The number of pyridine rings is 1. The van der Waals surface area contributed by atoms with Gasteiger partial charge in [-0.1, -0.05) is 6.07 Å². The van der Waals surface area contributed by atoms with Crippen molar-refractivity contribution in [2.24, 2.45) is 0 Å². The summed E-state index contributed by atoms with van der Waals surface area (Å²) < 4.78 is 7.59. The molecular formula is C19H19N5O2. The number of likely N-dealkylation sites (tertiary alicyclic amines) is 1. The van der Waals surface area contributed by atoms with Crippen LogP contribution in [0.4, 0.5) is 0 Å². The Bertz CT molecular complexity index is 867. The zero-order valence-corrected chi connectivity index (χ0v) is 14.2. The molecule has 1 saturated heterocycles. The van der Waals surface area contributed by atoms with E-state index in [0.717, 1.165) is 19.4 Å². The standard InChI is InChI=1S/C19H19N5O2/c25-19(24-10-2-4-16(24)12-23-14-21-13-22-23)15-3-1-5-18(11-15)26-17-6-8-20-9-7-17/h1,3,5-9,11,13-14,16H,2,4,10,12H2. The first-order chi connectivity index (χ1) is 12.8. The van der Waals surface area contributed by atoms with E-state index in [4.69, 9.17) is 4.74 Å². The molecule has 7 heteroatoms. The highest BCUT2D eigenvalue weighted by atomic mass is 16.5. The van der Waals surface area contributed by atoms with Crippen molar-refractivity contribution in [1.82, 2.24) is 24.6 Å². The molecule has 0 spiro atoms. The van der Waals surface area contributed by atoms with Crippen LogP contribution >= 0.6 is 0 Å². The van der Waals surface area contributed by atoms with Gasteiger partial charge in [0, 0.05) is 24.5 Å². The highest BCUT2D eigenvalue weighted by molar-refractivity contribution is 5.95. The second kappa shape index (κ2) is 7.35. The molecule has 0 N–H and O–H groups in total. The van der Waals surface area contributed by atoms with Crippen LogP contribution < -0.4 is 4.74 Å². The molecule has 4 rings (SSSR count). The summed E-state index contributed by atoms with van der Waals surface area (Å²) >= 11 is 0. The smallest absolute Gasteiger partial charge is 0.254 e. The summed E-state index contributed by atoms with van der Waals surface area (Å²) in [6, 6.07) is 11.0. The number of amides is 1. The van der Waals surface area contributed by atoms with Crippen LogP contribution in [0.15, 0.2) is 61.4 Å². The highest BCUT2D eigenvalue weighted by Crippen LogP contribution is 2.25. The lowest BCUT2D eigenvalue weighted by molar-refractivity contribution is 0.0721. The molecular weight excluding hydrogens is 330 g/mol. The number of nitrogens with zero attached hydrogens (tertiary/aromatic N) is 5. The molecule has 7 nitrogen and oxygen atoms in total. The summed E-state index contributed by atoms with van der Waals surface area (Å²) in [4.78, 5) is 22.9. The lowest BCUT2D eigenvalue weighted by Gasteiger charge is -2.24. The summed E-state index contributed by atoms with van der Waals surface area (Å²) in [5.74, 6) is 1.34. The zero-order chi connectivity index (χ0) is 17.8. The Labute approximate surface area is 151 Å². The molecule has 1 unspecified atom stereocenters. The van der Waals surface area contributed by atoms with Crippen LogP contribution in [-0.4, -0.2) is 43.1 Å². The normalized spacial score (nSPS) is 16.6. The third kappa shape index (κ3) is 3.56. The molecule has 0 saturated carbocycles. The Morgan fingerprint density at radius 3 is 2.85 bits per heavy atom. The molecule has 26 heavy (non-hydrogen) atoms. The van der Waals surface area contributed by atoms with Gasteiger partial charge >= 0.3 is 0 Å². The fourth-order valence-corrected chi connectivity index (χ4v) is 3.24. The van der Waals surface area contributed by atoms with Gasteiger partial charge in [-0.25, -0.2) is 4.98 Å². The number of rotatable bonds is 5. The van der Waals surface area contributed by atoms with Gasteiger partial charge in [0.2, 0.25) is 0 Å². The number of benzene rings is 1. The lowest BCUT2D eigenvalue weighted by Crippen LogP contribution is -2.38. The third-order valence-corrected chi connectivity index (χ3v) is 4.47. The Hall–Kier alpha value is -3.22. The van der Waals surface area contributed by atoms with Crippen LogP contribution in [-0.2, 0) is 6.54 Å². The average molecular weight is 349 g/mol. The molecule has 132 valence electrons. The molecule has 1 atom stereocenters.